The Morgan fingerprint density at radius 1 is 1.26 bits per heavy atom. The second-order valence-corrected chi connectivity index (χ2v) is 4.74. The molecule has 2 N–H and O–H groups in total. The van der Waals surface area contributed by atoms with Crippen molar-refractivity contribution in [1.29, 1.82) is 0 Å². The van der Waals surface area contributed by atoms with E-state index >= 15 is 0 Å². The van der Waals surface area contributed by atoms with E-state index in [0.717, 1.165) is 11.3 Å². The van der Waals surface area contributed by atoms with Crippen molar-refractivity contribution in [2.24, 2.45) is 0 Å². The molecule has 96 valence electrons. The summed E-state index contributed by atoms with van der Waals surface area (Å²) in [7, 11) is 0. The SMILES string of the molecule is Cc1nc(Cc2ccccc2)c2[nH]c(=S)[nH]c(=O)n12. The van der Waals surface area contributed by atoms with Crippen LogP contribution >= 0.6 is 12.2 Å². The summed E-state index contributed by atoms with van der Waals surface area (Å²) in [5.41, 5.74) is 2.36. The molecule has 0 aliphatic rings. The first kappa shape index (κ1) is 11.9. The highest BCUT2D eigenvalue weighted by molar-refractivity contribution is 7.71. The zero-order valence-electron chi connectivity index (χ0n) is 10.3. The number of aromatic amines is 2. The van der Waals surface area contributed by atoms with Gasteiger partial charge in [0.1, 0.15) is 11.5 Å². The molecule has 0 atom stereocenters. The van der Waals surface area contributed by atoms with Crippen molar-refractivity contribution in [2.75, 3.05) is 0 Å². The quantitative estimate of drug-likeness (QED) is 0.701. The molecule has 3 rings (SSSR count). The number of nitrogens with zero attached hydrogens (tertiary/aromatic N) is 2. The minimum Gasteiger partial charge on any atom is -0.316 e. The van der Waals surface area contributed by atoms with E-state index in [1.165, 1.54) is 4.40 Å². The molecule has 0 unspecified atom stereocenters. The zero-order valence-corrected chi connectivity index (χ0v) is 11.1. The van der Waals surface area contributed by atoms with Crippen LogP contribution in [-0.4, -0.2) is 19.4 Å². The van der Waals surface area contributed by atoms with Gasteiger partial charge in [-0.3, -0.25) is 4.98 Å². The van der Waals surface area contributed by atoms with Gasteiger partial charge in [0.15, 0.2) is 4.77 Å². The van der Waals surface area contributed by atoms with Crippen molar-refractivity contribution >= 4 is 17.9 Å². The molecule has 0 aliphatic heterocycles. The fourth-order valence-corrected chi connectivity index (χ4v) is 2.35. The molecule has 0 aliphatic carbocycles. The second-order valence-electron chi connectivity index (χ2n) is 4.34. The molecule has 5 nitrogen and oxygen atoms in total. The lowest BCUT2D eigenvalue weighted by Gasteiger charge is -1.99. The Hall–Kier alpha value is -2.21. The van der Waals surface area contributed by atoms with E-state index in [-0.39, 0.29) is 5.69 Å². The topological polar surface area (TPSA) is 66.0 Å². The average Bonchev–Trinajstić information content (AvgIpc) is 2.67. The van der Waals surface area contributed by atoms with Crippen LogP contribution in [0.2, 0.25) is 0 Å². The number of imidazole rings is 1. The molecular weight excluding hydrogens is 260 g/mol. The lowest BCUT2D eigenvalue weighted by atomic mass is 10.1. The van der Waals surface area contributed by atoms with Gasteiger partial charge in [0.05, 0.1) is 5.69 Å². The first-order valence-electron chi connectivity index (χ1n) is 5.89. The van der Waals surface area contributed by atoms with Gasteiger partial charge in [0, 0.05) is 6.42 Å². The standard InChI is InChI=1S/C13H12N4OS/c1-8-14-10(7-9-5-3-2-4-6-9)11-15-12(19)16-13(18)17(8)11/h2-6H,7H2,1H3,(H2,15,16,18,19). The van der Waals surface area contributed by atoms with Gasteiger partial charge in [-0.25, -0.2) is 14.2 Å². The number of hydrogen-bond donors (Lipinski definition) is 2. The van der Waals surface area contributed by atoms with E-state index in [9.17, 15) is 4.79 Å². The normalized spacial score (nSPS) is 11.0. The van der Waals surface area contributed by atoms with Crippen molar-refractivity contribution < 1.29 is 0 Å². The largest absolute Gasteiger partial charge is 0.334 e. The minimum absolute atomic E-state index is 0.261. The van der Waals surface area contributed by atoms with Crippen LogP contribution < -0.4 is 5.69 Å². The van der Waals surface area contributed by atoms with Crippen molar-refractivity contribution in [3.8, 4) is 0 Å². The van der Waals surface area contributed by atoms with Gasteiger partial charge in [0.25, 0.3) is 0 Å². The molecule has 0 saturated heterocycles. The first-order chi connectivity index (χ1) is 9.15. The highest BCUT2D eigenvalue weighted by atomic mass is 32.1. The maximum atomic E-state index is 11.9. The number of fused-ring (bicyclic) bond motifs is 1. The van der Waals surface area contributed by atoms with E-state index in [1.807, 2.05) is 30.3 Å². The van der Waals surface area contributed by atoms with Gasteiger partial charge in [0.2, 0.25) is 0 Å². The van der Waals surface area contributed by atoms with E-state index in [2.05, 4.69) is 15.0 Å². The molecular formula is C13H12N4OS. The lowest BCUT2D eigenvalue weighted by molar-refractivity contribution is 0.899. The number of hydrogen-bond acceptors (Lipinski definition) is 3. The summed E-state index contributed by atoms with van der Waals surface area (Å²) in [5, 5.41) is 0. The van der Waals surface area contributed by atoms with E-state index < -0.39 is 0 Å². The van der Waals surface area contributed by atoms with Crippen molar-refractivity contribution in [3.63, 3.8) is 0 Å². The van der Waals surface area contributed by atoms with E-state index in [1.54, 1.807) is 6.92 Å². The number of benzene rings is 1. The summed E-state index contributed by atoms with van der Waals surface area (Å²) in [6.45, 7) is 1.80. The van der Waals surface area contributed by atoms with Crippen LogP contribution in [0.4, 0.5) is 0 Å². The molecule has 1 aromatic carbocycles. The van der Waals surface area contributed by atoms with Crippen molar-refractivity contribution in [1.82, 2.24) is 19.4 Å². The Balaban J connectivity index is 2.20. The molecule has 3 aromatic rings. The third-order valence-electron chi connectivity index (χ3n) is 2.99. The molecule has 6 heteroatoms. The Morgan fingerprint density at radius 2 is 2.00 bits per heavy atom. The van der Waals surface area contributed by atoms with Crippen LogP contribution in [0, 0.1) is 11.7 Å². The molecule has 2 heterocycles. The van der Waals surface area contributed by atoms with Crippen LogP contribution in [0.5, 0.6) is 0 Å². The Labute approximate surface area is 114 Å². The fourth-order valence-electron chi connectivity index (χ4n) is 2.17. The van der Waals surface area contributed by atoms with Gasteiger partial charge >= 0.3 is 5.69 Å². The first-order valence-corrected chi connectivity index (χ1v) is 6.30. The van der Waals surface area contributed by atoms with Gasteiger partial charge in [-0.05, 0) is 24.7 Å². The number of aromatic nitrogens is 4. The van der Waals surface area contributed by atoms with Crippen LogP contribution in [0.1, 0.15) is 17.1 Å². The van der Waals surface area contributed by atoms with Crippen molar-refractivity contribution in [3.05, 3.63) is 62.7 Å². The summed E-state index contributed by atoms with van der Waals surface area (Å²) in [4.78, 5) is 21.9. The minimum atomic E-state index is -0.261. The molecule has 2 aromatic heterocycles. The number of nitrogens with one attached hydrogen (secondary N) is 2. The van der Waals surface area contributed by atoms with Crippen LogP contribution in [0.25, 0.3) is 5.65 Å². The zero-order chi connectivity index (χ0) is 13.4. The molecule has 0 amide bonds. The summed E-state index contributed by atoms with van der Waals surface area (Å²) < 4.78 is 1.82. The third-order valence-corrected chi connectivity index (χ3v) is 3.19. The van der Waals surface area contributed by atoms with Gasteiger partial charge in [-0.1, -0.05) is 30.3 Å². The Kier molecular flexibility index (Phi) is 2.79. The molecule has 0 fully saturated rings. The predicted molar refractivity (Wildman–Crippen MR) is 75.0 cm³/mol. The predicted octanol–water partition coefficient (Wildman–Crippen LogP) is 1.98. The van der Waals surface area contributed by atoms with Crippen molar-refractivity contribution in [2.45, 2.75) is 13.3 Å². The average molecular weight is 272 g/mol. The highest BCUT2D eigenvalue weighted by Gasteiger charge is 2.11. The smallest absolute Gasteiger partial charge is 0.316 e. The lowest BCUT2D eigenvalue weighted by Crippen LogP contribution is -2.18. The molecule has 19 heavy (non-hydrogen) atoms. The number of H-pyrrole nitrogens is 2. The van der Waals surface area contributed by atoms with E-state index in [4.69, 9.17) is 12.2 Å². The molecule has 0 bridgehead atoms. The third kappa shape index (κ3) is 2.10. The molecule has 0 spiro atoms. The Morgan fingerprint density at radius 3 is 2.74 bits per heavy atom. The summed E-state index contributed by atoms with van der Waals surface area (Å²) in [6, 6.07) is 9.99. The summed E-state index contributed by atoms with van der Waals surface area (Å²) in [6.07, 6.45) is 0.660. The van der Waals surface area contributed by atoms with Crippen LogP contribution in [0.3, 0.4) is 0 Å². The van der Waals surface area contributed by atoms with Gasteiger partial charge in [-0.15, -0.1) is 0 Å². The molecule has 0 radical (unpaired) electrons. The maximum absolute atomic E-state index is 11.9. The maximum Gasteiger partial charge on any atom is 0.334 e. The number of rotatable bonds is 2. The second kappa shape index (κ2) is 4.47. The van der Waals surface area contributed by atoms with E-state index in [0.29, 0.717) is 22.7 Å². The van der Waals surface area contributed by atoms with Crippen LogP contribution in [-0.2, 0) is 6.42 Å². The summed E-state index contributed by atoms with van der Waals surface area (Å²) in [5.74, 6) is 0.647. The van der Waals surface area contributed by atoms with Gasteiger partial charge < -0.3 is 4.98 Å². The summed E-state index contributed by atoms with van der Waals surface area (Å²) >= 11 is 5.01. The highest BCUT2D eigenvalue weighted by Crippen LogP contribution is 2.13. The van der Waals surface area contributed by atoms with Crippen LogP contribution in [0.15, 0.2) is 35.1 Å². The Bertz CT molecular complexity index is 844. The molecule has 0 saturated carbocycles. The van der Waals surface area contributed by atoms with Gasteiger partial charge in [-0.2, -0.15) is 0 Å². The number of aryl methyl sites for hydroxylation is 1. The fraction of sp³-hybridized carbons (Fsp3) is 0.154. The monoisotopic (exact) mass is 272 g/mol.